The van der Waals surface area contributed by atoms with Gasteiger partial charge in [-0.25, -0.2) is 4.98 Å². The molecule has 1 amide bonds. The highest BCUT2D eigenvalue weighted by molar-refractivity contribution is 7.09. The van der Waals surface area contributed by atoms with Gasteiger partial charge in [0.2, 0.25) is 0 Å². The first-order valence-electron chi connectivity index (χ1n) is 7.69. The topological polar surface area (TPSA) is 59.2 Å². The van der Waals surface area contributed by atoms with Gasteiger partial charge in [-0.05, 0) is 38.5 Å². The van der Waals surface area contributed by atoms with Crippen molar-refractivity contribution in [3.63, 3.8) is 0 Å². The van der Waals surface area contributed by atoms with Gasteiger partial charge in [-0.3, -0.25) is 4.79 Å². The van der Waals surface area contributed by atoms with E-state index in [2.05, 4.69) is 10.1 Å². The van der Waals surface area contributed by atoms with Crippen molar-refractivity contribution in [2.45, 2.75) is 26.8 Å². The van der Waals surface area contributed by atoms with Gasteiger partial charge in [0.25, 0.3) is 5.91 Å². The molecule has 0 radical (unpaired) electrons. The summed E-state index contributed by atoms with van der Waals surface area (Å²) in [5.74, 6) is 0.716. The van der Waals surface area contributed by atoms with Crippen molar-refractivity contribution in [2.24, 2.45) is 0 Å². The molecule has 6 heteroatoms. The van der Waals surface area contributed by atoms with Crippen molar-refractivity contribution in [3.05, 3.63) is 57.9 Å². The fourth-order valence-electron chi connectivity index (χ4n) is 2.69. The molecule has 0 aliphatic carbocycles. The summed E-state index contributed by atoms with van der Waals surface area (Å²) in [5.41, 5.74) is 3.34. The number of carbonyl (C=O) groups is 1. The summed E-state index contributed by atoms with van der Waals surface area (Å²) in [7, 11) is 1.80. The van der Waals surface area contributed by atoms with Crippen LogP contribution in [0.15, 0.2) is 40.4 Å². The zero-order chi connectivity index (χ0) is 17.3. The molecule has 0 saturated carbocycles. The minimum atomic E-state index is -0.0692. The van der Waals surface area contributed by atoms with Crippen LogP contribution in [-0.2, 0) is 0 Å². The van der Waals surface area contributed by atoms with Crippen LogP contribution in [0.1, 0.15) is 39.8 Å². The molecule has 124 valence electrons. The number of benzene rings is 1. The maximum Gasteiger partial charge on any atom is 0.254 e. The molecule has 1 unspecified atom stereocenters. The lowest BCUT2D eigenvalue weighted by Gasteiger charge is -2.23. The molecule has 5 nitrogen and oxygen atoms in total. The maximum absolute atomic E-state index is 12.8. The van der Waals surface area contributed by atoms with Crippen molar-refractivity contribution >= 4 is 17.2 Å². The first-order valence-corrected chi connectivity index (χ1v) is 8.57. The Labute approximate surface area is 144 Å². The molecule has 0 saturated heterocycles. The van der Waals surface area contributed by atoms with Crippen LogP contribution in [-0.4, -0.2) is 28.0 Å². The normalized spacial score (nSPS) is 12.2. The molecule has 0 N–H and O–H groups in total. The van der Waals surface area contributed by atoms with Gasteiger partial charge in [0.1, 0.15) is 10.8 Å². The Balaban J connectivity index is 1.90. The summed E-state index contributed by atoms with van der Waals surface area (Å²) in [5, 5.41) is 6.83. The summed E-state index contributed by atoms with van der Waals surface area (Å²) in [4.78, 5) is 18.8. The van der Waals surface area contributed by atoms with E-state index in [-0.39, 0.29) is 11.9 Å². The molecule has 0 fully saturated rings. The number of rotatable bonds is 4. The fraction of sp³-hybridized carbons (Fsp3) is 0.278. The van der Waals surface area contributed by atoms with E-state index in [0.717, 1.165) is 27.6 Å². The first kappa shape index (κ1) is 16.4. The van der Waals surface area contributed by atoms with E-state index in [1.807, 2.05) is 50.4 Å². The van der Waals surface area contributed by atoms with Gasteiger partial charge in [0.05, 0.1) is 11.7 Å². The van der Waals surface area contributed by atoms with Crippen LogP contribution in [0, 0.1) is 13.8 Å². The second-order valence-electron chi connectivity index (χ2n) is 5.74. The molecular weight excluding hydrogens is 322 g/mol. The van der Waals surface area contributed by atoms with Crippen molar-refractivity contribution in [1.82, 2.24) is 15.0 Å². The maximum atomic E-state index is 12.8. The number of aromatic nitrogens is 2. The lowest BCUT2D eigenvalue weighted by Crippen LogP contribution is -2.29. The molecule has 0 aliphatic rings. The Kier molecular flexibility index (Phi) is 4.49. The summed E-state index contributed by atoms with van der Waals surface area (Å²) in [6.07, 6.45) is 1.76. The standard InChI is InChI=1S/C18H19N3O2S/c1-11-16(13(3)23-20-11)14-6-5-7-15(10-14)18(22)21(4)12(2)17-19-8-9-24-17/h5-10,12H,1-4H3. The van der Waals surface area contributed by atoms with Gasteiger partial charge in [-0.15, -0.1) is 11.3 Å². The lowest BCUT2D eigenvalue weighted by atomic mass is 10.0. The molecule has 3 aromatic rings. The Morgan fingerprint density at radius 3 is 2.75 bits per heavy atom. The van der Waals surface area contributed by atoms with Crippen molar-refractivity contribution in [3.8, 4) is 11.1 Å². The third-order valence-electron chi connectivity index (χ3n) is 4.14. The molecule has 24 heavy (non-hydrogen) atoms. The minimum absolute atomic E-state index is 0.0358. The van der Waals surface area contributed by atoms with Crippen LogP contribution in [0.3, 0.4) is 0 Å². The van der Waals surface area contributed by atoms with Gasteiger partial charge >= 0.3 is 0 Å². The van der Waals surface area contributed by atoms with Crippen molar-refractivity contribution in [1.29, 1.82) is 0 Å². The van der Waals surface area contributed by atoms with Crippen LogP contribution in [0.4, 0.5) is 0 Å². The van der Waals surface area contributed by atoms with Gasteiger partial charge in [0, 0.05) is 29.8 Å². The number of aryl methyl sites for hydroxylation is 2. The minimum Gasteiger partial charge on any atom is -0.361 e. The Morgan fingerprint density at radius 1 is 1.33 bits per heavy atom. The second-order valence-corrected chi connectivity index (χ2v) is 6.67. The highest BCUT2D eigenvalue weighted by Gasteiger charge is 2.21. The van der Waals surface area contributed by atoms with E-state index in [1.165, 1.54) is 0 Å². The monoisotopic (exact) mass is 341 g/mol. The Morgan fingerprint density at radius 2 is 2.12 bits per heavy atom. The number of amides is 1. The molecule has 0 bridgehead atoms. The smallest absolute Gasteiger partial charge is 0.254 e. The zero-order valence-electron chi connectivity index (χ0n) is 14.1. The van der Waals surface area contributed by atoms with Gasteiger partial charge < -0.3 is 9.42 Å². The van der Waals surface area contributed by atoms with E-state index < -0.39 is 0 Å². The second kappa shape index (κ2) is 6.57. The van der Waals surface area contributed by atoms with Crippen molar-refractivity contribution in [2.75, 3.05) is 7.05 Å². The number of hydrogen-bond donors (Lipinski definition) is 0. The van der Waals surface area contributed by atoms with Crippen LogP contribution in [0.5, 0.6) is 0 Å². The van der Waals surface area contributed by atoms with Crippen LogP contribution >= 0.6 is 11.3 Å². The van der Waals surface area contributed by atoms with Crippen molar-refractivity contribution < 1.29 is 9.32 Å². The number of carbonyl (C=O) groups excluding carboxylic acids is 1. The number of nitrogens with zero attached hydrogens (tertiary/aromatic N) is 3. The van der Waals surface area contributed by atoms with E-state index in [9.17, 15) is 4.79 Å². The van der Waals surface area contributed by atoms with Crippen LogP contribution in [0.2, 0.25) is 0 Å². The molecule has 3 rings (SSSR count). The third-order valence-corrected chi connectivity index (χ3v) is 5.09. The largest absolute Gasteiger partial charge is 0.361 e. The Hall–Kier alpha value is -2.47. The zero-order valence-corrected chi connectivity index (χ0v) is 14.9. The van der Waals surface area contributed by atoms with E-state index in [4.69, 9.17) is 4.52 Å². The molecule has 2 aromatic heterocycles. The first-order chi connectivity index (χ1) is 11.5. The summed E-state index contributed by atoms with van der Waals surface area (Å²) in [6.45, 7) is 5.76. The van der Waals surface area contributed by atoms with E-state index in [0.29, 0.717) is 5.56 Å². The Bertz CT molecular complexity index is 836. The molecule has 1 aromatic carbocycles. The lowest BCUT2D eigenvalue weighted by molar-refractivity contribution is 0.0742. The highest BCUT2D eigenvalue weighted by atomic mass is 32.1. The molecule has 1 atom stereocenters. The van der Waals surface area contributed by atoms with Crippen LogP contribution in [0.25, 0.3) is 11.1 Å². The quantitative estimate of drug-likeness (QED) is 0.712. The summed E-state index contributed by atoms with van der Waals surface area (Å²) >= 11 is 1.55. The highest BCUT2D eigenvalue weighted by Crippen LogP contribution is 2.28. The predicted octanol–water partition coefficient (Wildman–Crippen LogP) is 4.25. The predicted molar refractivity (Wildman–Crippen MR) is 94.0 cm³/mol. The molecule has 2 heterocycles. The van der Waals surface area contributed by atoms with E-state index >= 15 is 0 Å². The average Bonchev–Trinajstić information content (AvgIpc) is 3.23. The SMILES string of the molecule is Cc1noc(C)c1-c1cccc(C(=O)N(C)C(C)c2nccs2)c1. The summed E-state index contributed by atoms with van der Waals surface area (Å²) < 4.78 is 5.23. The third kappa shape index (κ3) is 2.97. The van der Waals surface area contributed by atoms with Gasteiger partial charge in [-0.2, -0.15) is 0 Å². The van der Waals surface area contributed by atoms with Crippen LogP contribution < -0.4 is 0 Å². The average molecular weight is 341 g/mol. The molecular formula is C18H19N3O2S. The molecule has 0 spiro atoms. The van der Waals surface area contributed by atoms with Gasteiger partial charge in [0.15, 0.2) is 0 Å². The summed E-state index contributed by atoms with van der Waals surface area (Å²) in [6, 6.07) is 7.50. The number of thiazole rings is 1. The van der Waals surface area contributed by atoms with E-state index in [1.54, 1.807) is 29.5 Å². The fourth-order valence-corrected chi connectivity index (χ4v) is 3.43. The van der Waals surface area contributed by atoms with Gasteiger partial charge in [-0.1, -0.05) is 17.3 Å². The molecule has 0 aliphatic heterocycles. The number of hydrogen-bond acceptors (Lipinski definition) is 5.